The van der Waals surface area contributed by atoms with Crippen LogP contribution in [0.5, 0.6) is 0 Å². The van der Waals surface area contributed by atoms with Crippen LogP contribution < -0.4 is 11.1 Å². The highest BCUT2D eigenvalue weighted by Gasteiger charge is 2.17. The van der Waals surface area contributed by atoms with Crippen LogP contribution in [0.25, 0.3) is 0 Å². The Morgan fingerprint density at radius 2 is 1.90 bits per heavy atom. The monoisotopic (exact) mass is 294 g/mol. The topological polar surface area (TPSA) is 72.9 Å². The van der Waals surface area contributed by atoms with E-state index in [-0.39, 0.29) is 18.3 Å². The highest BCUT2D eigenvalue weighted by molar-refractivity contribution is 5.95. The number of amides is 1. The van der Waals surface area contributed by atoms with Crippen molar-refractivity contribution >= 4 is 24.0 Å². The predicted molar refractivity (Wildman–Crippen MR) is 81.9 cm³/mol. The molecule has 0 bridgehead atoms. The van der Waals surface area contributed by atoms with Crippen LogP contribution >= 0.6 is 12.4 Å². The lowest BCUT2D eigenvalue weighted by Crippen LogP contribution is -2.27. The van der Waals surface area contributed by atoms with Crippen LogP contribution in [0.3, 0.4) is 0 Å². The van der Waals surface area contributed by atoms with Crippen molar-refractivity contribution in [2.45, 2.75) is 19.9 Å². The number of nitrogens with zero attached hydrogens (tertiary/aromatic N) is 2. The lowest BCUT2D eigenvalue weighted by Gasteiger charge is -2.12. The first-order chi connectivity index (χ1) is 8.99. The van der Waals surface area contributed by atoms with E-state index in [1.54, 1.807) is 10.9 Å². The van der Waals surface area contributed by atoms with Gasteiger partial charge >= 0.3 is 0 Å². The third kappa shape index (κ3) is 3.37. The second kappa shape index (κ2) is 6.54. The van der Waals surface area contributed by atoms with Gasteiger partial charge in [-0.15, -0.1) is 12.4 Å². The summed E-state index contributed by atoms with van der Waals surface area (Å²) in [7, 11) is 1.82. The van der Waals surface area contributed by atoms with Crippen molar-refractivity contribution in [3.8, 4) is 0 Å². The van der Waals surface area contributed by atoms with Gasteiger partial charge in [0.25, 0.3) is 0 Å². The maximum atomic E-state index is 12.1. The Balaban J connectivity index is 0.00000200. The number of rotatable bonds is 3. The molecule has 0 aliphatic heterocycles. The van der Waals surface area contributed by atoms with Crippen molar-refractivity contribution in [1.82, 2.24) is 9.78 Å². The first kappa shape index (κ1) is 16.2. The molecule has 1 unspecified atom stereocenters. The van der Waals surface area contributed by atoms with E-state index < -0.39 is 6.04 Å². The molecule has 1 heterocycles. The number of carbonyl (C=O) groups is 1. The van der Waals surface area contributed by atoms with Crippen LogP contribution in [0.15, 0.2) is 30.5 Å². The average molecular weight is 295 g/mol. The second-order valence-corrected chi connectivity index (χ2v) is 4.64. The van der Waals surface area contributed by atoms with Gasteiger partial charge in [0, 0.05) is 7.05 Å². The standard InChI is InChI=1S/C14H18N4O.ClH/c1-9-4-6-11(7-5-9)13(15)14(19)17-12-8-16-18(3)10(12)2;/h4-8,13H,15H2,1-3H3,(H,17,19);1H. The molecule has 2 rings (SSSR count). The number of aryl methyl sites for hydroxylation is 2. The first-order valence-electron chi connectivity index (χ1n) is 6.10. The maximum Gasteiger partial charge on any atom is 0.245 e. The molecule has 0 spiro atoms. The molecular weight excluding hydrogens is 276 g/mol. The summed E-state index contributed by atoms with van der Waals surface area (Å²) in [6.45, 7) is 3.88. The number of hydrogen-bond acceptors (Lipinski definition) is 3. The summed E-state index contributed by atoms with van der Waals surface area (Å²) >= 11 is 0. The first-order valence-corrected chi connectivity index (χ1v) is 6.10. The number of aromatic nitrogens is 2. The molecule has 0 fully saturated rings. The van der Waals surface area contributed by atoms with Crippen molar-refractivity contribution in [3.05, 3.63) is 47.3 Å². The van der Waals surface area contributed by atoms with Crippen molar-refractivity contribution in [2.24, 2.45) is 12.8 Å². The Bertz CT molecular complexity index is 592. The zero-order valence-corrected chi connectivity index (χ0v) is 12.6. The fraction of sp³-hybridized carbons (Fsp3) is 0.286. The van der Waals surface area contributed by atoms with E-state index in [1.807, 2.05) is 45.2 Å². The highest BCUT2D eigenvalue weighted by atomic mass is 35.5. The van der Waals surface area contributed by atoms with Gasteiger partial charge in [0.1, 0.15) is 6.04 Å². The Labute approximate surface area is 124 Å². The molecule has 1 aromatic heterocycles. The Morgan fingerprint density at radius 3 is 2.40 bits per heavy atom. The number of nitrogens with one attached hydrogen (secondary N) is 1. The summed E-state index contributed by atoms with van der Waals surface area (Å²) in [5.41, 5.74) is 9.47. The zero-order chi connectivity index (χ0) is 14.0. The smallest absolute Gasteiger partial charge is 0.245 e. The molecule has 1 aromatic carbocycles. The van der Waals surface area contributed by atoms with Crippen LogP contribution in [0.1, 0.15) is 22.9 Å². The predicted octanol–water partition coefficient (Wildman–Crippen LogP) is 2.10. The van der Waals surface area contributed by atoms with Gasteiger partial charge in [-0.25, -0.2) is 0 Å². The molecule has 0 aliphatic rings. The molecule has 1 atom stereocenters. The van der Waals surface area contributed by atoms with Gasteiger partial charge in [0.15, 0.2) is 0 Å². The van der Waals surface area contributed by atoms with E-state index in [9.17, 15) is 4.79 Å². The number of carbonyl (C=O) groups excluding carboxylic acids is 1. The van der Waals surface area contributed by atoms with Gasteiger partial charge < -0.3 is 11.1 Å². The Hall–Kier alpha value is -1.85. The average Bonchev–Trinajstić information content (AvgIpc) is 2.71. The van der Waals surface area contributed by atoms with Gasteiger partial charge in [-0.3, -0.25) is 9.48 Å². The van der Waals surface area contributed by atoms with Gasteiger partial charge in [-0.1, -0.05) is 29.8 Å². The molecule has 5 nitrogen and oxygen atoms in total. The largest absolute Gasteiger partial charge is 0.322 e. The van der Waals surface area contributed by atoms with Crippen LogP contribution in [-0.2, 0) is 11.8 Å². The maximum absolute atomic E-state index is 12.1. The summed E-state index contributed by atoms with van der Waals surface area (Å²) in [4.78, 5) is 12.1. The number of benzene rings is 1. The molecule has 0 aliphatic carbocycles. The fourth-order valence-electron chi connectivity index (χ4n) is 1.76. The van der Waals surface area contributed by atoms with E-state index in [1.165, 1.54) is 0 Å². The van der Waals surface area contributed by atoms with Crippen LogP contribution in [0, 0.1) is 13.8 Å². The molecular formula is C14H19ClN4O. The van der Waals surface area contributed by atoms with E-state index >= 15 is 0 Å². The molecule has 6 heteroatoms. The van der Waals surface area contributed by atoms with E-state index in [0.29, 0.717) is 5.69 Å². The summed E-state index contributed by atoms with van der Waals surface area (Å²) in [6.07, 6.45) is 1.62. The van der Waals surface area contributed by atoms with Gasteiger partial charge in [0.2, 0.25) is 5.91 Å². The molecule has 0 radical (unpaired) electrons. The molecule has 1 amide bonds. The van der Waals surface area contributed by atoms with Crippen molar-refractivity contribution in [3.63, 3.8) is 0 Å². The third-order valence-corrected chi connectivity index (χ3v) is 3.21. The third-order valence-electron chi connectivity index (χ3n) is 3.21. The minimum absolute atomic E-state index is 0. The summed E-state index contributed by atoms with van der Waals surface area (Å²) in [6, 6.07) is 6.95. The van der Waals surface area contributed by atoms with Crippen molar-refractivity contribution < 1.29 is 4.79 Å². The highest BCUT2D eigenvalue weighted by Crippen LogP contribution is 2.16. The number of nitrogens with two attached hydrogens (primary N) is 1. The summed E-state index contributed by atoms with van der Waals surface area (Å²) < 4.78 is 1.70. The SMILES string of the molecule is Cc1ccc(C(N)C(=O)Nc2cnn(C)c2C)cc1.Cl. The second-order valence-electron chi connectivity index (χ2n) is 4.64. The van der Waals surface area contributed by atoms with Gasteiger partial charge in [0.05, 0.1) is 17.6 Å². The van der Waals surface area contributed by atoms with E-state index in [0.717, 1.165) is 16.8 Å². The van der Waals surface area contributed by atoms with Crippen LogP contribution in [-0.4, -0.2) is 15.7 Å². The lowest BCUT2D eigenvalue weighted by molar-refractivity contribution is -0.117. The van der Waals surface area contributed by atoms with Crippen molar-refractivity contribution in [2.75, 3.05) is 5.32 Å². The molecule has 0 saturated heterocycles. The van der Waals surface area contributed by atoms with Gasteiger partial charge in [-0.05, 0) is 19.4 Å². The van der Waals surface area contributed by atoms with Crippen LogP contribution in [0.4, 0.5) is 5.69 Å². The molecule has 2 aromatic rings. The van der Waals surface area contributed by atoms with Crippen LogP contribution in [0.2, 0.25) is 0 Å². The zero-order valence-electron chi connectivity index (χ0n) is 11.8. The molecule has 3 N–H and O–H groups in total. The number of halogens is 1. The normalized spacial score (nSPS) is 11.6. The summed E-state index contributed by atoms with van der Waals surface area (Å²) in [5.74, 6) is -0.236. The quantitative estimate of drug-likeness (QED) is 0.910. The van der Waals surface area contributed by atoms with E-state index in [2.05, 4.69) is 10.4 Å². The summed E-state index contributed by atoms with van der Waals surface area (Å²) in [5, 5.41) is 6.87. The number of hydrogen-bond donors (Lipinski definition) is 2. The van der Waals surface area contributed by atoms with Crippen molar-refractivity contribution in [1.29, 1.82) is 0 Å². The molecule has 108 valence electrons. The Kier molecular flexibility index (Phi) is 5.30. The van der Waals surface area contributed by atoms with E-state index in [4.69, 9.17) is 5.73 Å². The van der Waals surface area contributed by atoms with Gasteiger partial charge in [-0.2, -0.15) is 5.10 Å². The fourth-order valence-corrected chi connectivity index (χ4v) is 1.76. The number of anilines is 1. The molecule has 0 saturated carbocycles. The Morgan fingerprint density at radius 1 is 1.30 bits per heavy atom. The molecule has 20 heavy (non-hydrogen) atoms. The lowest BCUT2D eigenvalue weighted by atomic mass is 10.1. The minimum Gasteiger partial charge on any atom is -0.322 e. The minimum atomic E-state index is -0.680.